The lowest BCUT2D eigenvalue weighted by atomic mass is 10.1. The highest BCUT2D eigenvalue weighted by Crippen LogP contribution is 2.30. The summed E-state index contributed by atoms with van der Waals surface area (Å²) >= 11 is 0. The minimum absolute atomic E-state index is 0.00268. The Labute approximate surface area is 114 Å². The normalized spacial score (nSPS) is 16.1. The van der Waals surface area contributed by atoms with Crippen LogP contribution in [-0.2, 0) is 6.42 Å². The predicted molar refractivity (Wildman–Crippen MR) is 74.2 cm³/mol. The molecule has 106 valence electrons. The first-order valence-corrected chi connectivity index (χ1v) is 6.93. The second-order valence-electron chi connectivity index (χ2n) is 5.19. The first kappa shape index (κ1) is 12.9. The van der Waals surface area contributed by atoms with Crippen LogP contribution >= 0.6 is 0 Å². The molecule has 2 aromatic rings. The monoisotopic (exact) mass is 276 g/mol. The molecule has 0 amide bonds. The van der Waals surface area contributed by atoms with Gasteiger partial charge in [-0.15, -0.1) is 0 Å². The minimum Gasteiger partial charge on any atom is -0.405 e. The highest BCUT2D eigenvalue weighted by molar-refractivity contribution is 5.76. The van der Waals surface area contributed by atoms with Gasteiger partial charge in [-0.3, -0.25) is 14.3 Å². The van der Waals surface area contributed by atoms with Gasteiger partial charge in [0.05, 0.1) is 0 Å². The Morgan fingerprint density at radius 2 is 2.00 bits per heavy atom. The van der Waals surface area contributed by atoms with Crippen LogP contribution in [0, 0.1) is 0 Å². The van der Waals surface area contributed by atoms with E-state index in [-0.39, 0.29) is 11.8 Å². The fourth-order valence-electron chi connectivity index (χ4n) is 3.03. The van der Waals surface area contributed by atoms with Gasteiger partial charge in [-0.2, -0.15) is 0 Å². The van der Waals surface area contributed by atoms with Crippen LogP contribution in [0.15, 0.2) is 24.9 Å². The van der Waals surface area contributed by atoms with Gasteiger partial charge in [-0.25, -0.2) is 9.59 Å². The Bertz CT molecular complexity index is 822. The molecule has 0 bridgehead atoms. The van der Waals surface area contributed by atoms with Crippen molar-refractivity contribution < 1.29 is 4.42 Å². The number of nitrogens with zero attached hydrogens (tertiary/aromatic N) is 1. The first-order valence-electron chi connectivity index (χ1n) is 6.93. The van der Waals surface area contributed by atoms with E-state index in [0.717, 1.165) is 25.7 Å². The lowest BCUT2D eigenvalue weighted by molar-refractivity contribution is 0.447. The summed E-state index contributed by atoms with van der Waals surface area (Å²) in [5.74, 6) is 0. The molecule has 0 unspecified atom stereocenters. The highest BCUT2D eigenvalue weighted by atomic mass is 16.4. The van der Waals surface area contributed by atoms with Gasteiger partial charge in [-0.05, 0) is 24.8 Å². The first-order chi connectivity index (χ1) is 9.61. The van der Waals surface area contributed by atoms with Crippen molar-refractivity contribution in [2.75, 3.05) is 0 Å². The second-order valence-corrected chi connectivity index (χ2v) is 5.19. The van der Waals surface area contributed by atoms with Crippen LogP contribution in [0.1, 0.15) is 44.2 Å². The van der Waals surface area contributed by atoms with Gasteiger partial charge in [0.1, 0.15) is 5.39 Å². The smallest absolute Gasteiger partial charge is 0.337 e. The van der Waals surface area contributed by atoms with Gasteiger partial charge in [0, 0.05) is 12.1 Å². The van der Waals surface area contributed by atoms with E-state index < -0.39 is 16.9 Å². The van der Waals surface area contributed by atoms with Gasteiger partial charge < -0.3 is 4.42 Å². The highest BCUT2D eigenvalue weighted by Gasteiger charge is 2.23. The van der Waals surface area contributed by atoms with Crippen LogP contribution in [0.3, 0.4) is 0 Å². The van der Waals surface area contributed by atoms with Crippen molar-refractivity contribution in [2.24, 2.45) is 0 Å². The van der Waals surface area contributed by atoms with E-state index in [0.29, 0.717) is 17.4 Å². The van der Waals surface area contributed by atoms with Gasteiger partial charge >= 0.3 is 11.3 Å². The molecule has 0 spiro atoms. The molecule has 0 atom stereocenters. The van der Waals surface area contributed by atoms with E-state index in [4.69, 9.17) is 4.42 Å². The SMILES string of the molecule is CCc1cc(=O)oc2c1c(=O)[nH]c(=O)n2C1CCCC1. The van der Waals surface area contributed by atoms with E-state index >= 15 is 0 Å². The Kier molecular flexibility index (Phi) is 3.08. The van der Waals surface area contributed by atoms with E-state index in [1.807, 2.05) is 6.92 Å². The Morgan fingerprint density at radius 3 is 2.65 bits per heavy atom. The van der Waals surface area contributed by atoms with E-state index in [9.17, 15) is 14.4 Å². The van der Waals surface area contributed by atoms with Gasteiger partial charge in [0.15, 0.2) is 0 Å². The van der Waals surface area contributed by atoms with Crippen molar-refractivity contribution in [3.8, 4) is 0 Å². The fraction of sp³-hybridized carbons (Fsp3) is 0.500. The zero-order chi connectivity index (χ0) is 14.3. The molecule has 3 rings (SSSR count). The molecule has 2 aromatic heterocycles. The summed E-state index contributed by atoms with van der Waals surface area (Å²) in [6.45, 7) is 1.86. The molecule has 0 aromatic carbocycles. The molecule has 20 heavy (non-hydrogen) atoms. The fourth-order valence-corrected chi connectivity index (χ4v) is 3.03. The maximum atomic E-state index is 12.1. The number of hydrogen-bond donors (Lipinski definition) is 1. The molecule has 0 radical (unpaired) electrons. The number of nitrogens with one attached hydrogen (secondary N) is 1. The third-order valence-corrected chi connectivity index (χ3v) is 3.98. The molecule has 1 fully saturated rings. The summed E-state index contributed by atoms with van der Waals surface area (Å²) in [7, 11) is 0. The molecule has 6 nitrogen and oxygen atoms in total. The van der Waals surface area contributed by atoms with Crippen LogP contribution in [0.4, 0.5) is 0 Å². The number of hydrogen-bond acceptors (Lipinski definition) is 4. The quantitative estimate of drug-likeness (QED) is 0.896. The van der Waals surface area contributed by atoms with Crippen LogP contribution < -0.4 is 16.9 Å². The Balaban J connectivity index is 2.45. The molecule has 1 saturated carbocycles. The van der Waals surface area contributed by atoms with Crippen molar-refractivity contribution in [1.29, 1.82) is 0 Å². The summed E-state index contributed by atoms with van der Waals surface area (Å²) in [6.07, 6.45) is 4.33. The molecule has 1 aliphatic rings. The molecular formula is C14H16N2O4. The summed E-state index contributed by atoms with van der Waals surface area (Å²) in [4.78, 5) is 38.1. The molecule has 2 heterocycles. The lowest BCUT2D eigenvalue weighted by Gasteiger charge is -2.15. The average molecular weight is 276 g/mol. The summed E-state index contributed by atoms with van der Waals surface area (Å²) in [5, 5.41) is 0.318. The second kappa shape index (κ2) is 4.77. The number of aryl methyl sites for hydroxylation is 1. The molecule has 1 aliphatic carbocycles. The van der Waals surface area contributed by atoms with E-state index in [1.165, 1.54) is 10.6 Å². The maximum absolute atomic E-state index is 12.1. The molecule has 0 saturated heterocycles. The number of rotatable bonds is 2. The van der Waals surface area contributed by atoms with Crippen molar-refractivity contribution in [3.63, 3.8) is 0 Å². The van der Waals surface area contributed by atoms with Gasteiger partial charge in [-0.1, -0.05) is 19.8 Å². The Morgan fingerprint density at radius 1 is 1.30 bits per heavy atom. The standard InChI is InChI=1S/C14H16N2O4/c1-2-8-7-10(17)20-13-11(8)12(18)15-14(19)16(13)9-5-3-4-6-9/h7,9H,2-6H2,1H3,(H,15,18,19). The molecular weight excluding hydrogens is 260 g/mol. The topological polar surface area (TPSA) is 85.1 Å². The number of H-pyrrole nitrogens is 1. The van der Waals surface area contributed by atoms with Crippen LogP contribution in [0.25, 0.3) is 11.1 Å². The van der Waals surface area contributed by atoms with Gasteiger partial charge in [0.2, 0.25) is 5.71 Å². The van der Waals surface area contributed by atoms with Crippen molar-refractivity contribution in [2.45, 2.75) is 45.1 Å². The van der Waals surface area contributed by atoms with Crippen molar-refractivity contribution in [1.82, 2.24) is 9.55 Å². The lowest BCUT2D eigenvalue weighted by Crippen LogP contribution is -2.33. The predicted octanol–water partition coefficient (Wildman–Crippen LogP) is 1.32. The van der Waals surface area contributed by atoms with Crippen molar-refractivity contribution >= 4 is 11.1 Å². The third-order valence-electron chi connectivity index (χ3n) is 3.98. The van der Waals surface area contributed by atoms with E-state index in [1.54, 1.807) is 0 Å². The summed E-state index contributed by atoms with van der Waals surface area (Å²) in [5.41, 5.74) is -0.768. The van der Waals surface area contributed by atoms with Crippen molar-refractivity contribution in [3.05, 3.63) is 42.9 Å². The summed E-state index contributed by atoms with van der Waals surface area (Å²) < 4.78 is 6.65. The molecule has 6 heteroatoms. The largest absolute Gasteiger partial charge is 0.405 e. The molecule has 0 aliphatic heterocycles. The van der Waals surface area contributed by atoms with E-state index in [2.05, 4.69) is 4.98 Å². The maximum Gasteiger partial charge on any atom is 0.337 e. The number of aromatic amines is 1. The minimum atomic E-state index is -0.522. The zero-order valence-corrected chi connectivity index (χ0v) is 11.3. The van der Waals surface area contributed by atoms with Crippen LogP contribution in [0.2, 0.25) is 0 Å². The summed E-state index contributed by atoms with van der Waals surface area (Å²) in [6, 6.07) is 1.32. The Hall–Kier alpha value is -2.11. The average Bonchev–Trinajstić information content (AvgIpc) is 2.90. The number of fused-ring (bicyclic) bond motifs is 1. The third kappa shape index (κ3) is 1.92. The van der Waals surface area contributed by atoms with Gasteiger partial charge in [0.25, 0.3) is 5.56 Å². The molecule has 1 N–H and O–H groups in total. The zero-order valence-electron chi connectivity index (χ0n) is 11.3. The van der Waals surface area contributed by atoms with Crippen LogP contribution in [0.5, 0.6) is 0 Å². The van der Waals surface area contributed by atoms with Crippen LogP contribution in [-0.4, -0.2) is 9.55 Å². The number of aromatic nitrogens is 2.